The zero-order valence-electron chi connectivity index (χ0n) is 69.4. The molecule has 123 heavy (non-hydrogen) atoms. The molecule has 5 aliphatic heterocycles. The zero-order chi connectivity index (χ0) is 87.0. The number of halogens is 10. The Morgan fingerprint density at radius 1 is 0.488 bits per heavy atom. The molecular weight excluding hydrogens is 1730 g/mol. The summed E-state index contributed by atoms with van der Waals surface area (Å²) in [5.74, 6) is -4.22. The molecular formula is C89H126F10N3O15S6+3. The molecule has 6 atom stereocenters. The van der Waals surface area contributed by atoms with Crippen molar-refractivity contribution >= 4 is 107 Å². The van der Waals surface area contributed by atoms with Crippen molar-refractivity contribution < 1.29 is 112 Å². The van der Waals surface area contributed by atoms with Crippen LogP contribution in [0, 0.1) is 46.8 Å². The van der Waals surface area contributed by atoms with Gasteiger partial charge in [0.2, 0.25) is 10.0 Å². The molecule has 4 bridgehead atoms. The number of alkyl halides is 10. The van der Waals surface area contributed by atoms with E-state index in [1.165, 1.54) is 54.5 Å². The minimum absolute atomic E-state index is 0. The quantitative estimate of drug-likeness (QED) is 0.0445. The Morgan fingerprint density at radius 3 is 1.39 bits per heavy atom. The second-order valence-corrected chi connectivity index (χ2v) is 46.0. The molecule has 0 amide bonds. The normalized spacial score (nSPS) is 24.5. The van der Waals surface area contributed by atoms with E-state index < -0.39 is 83.3 Å². The first-order chi connectivity index (χ1) is 56.7. The summed E-state index contributed by atoms with van der Waals surface area (Å²) in [4.78, 5) is 28.4. The van der Waals surface area contributed by atoms with Crippen molar-refractivity contribution in [3.63, 3.8) is 0 Å². The van der Waals surface area contributed by atoms with Crippen molar-refractivity contribution in [1.82, 2.24) is 12.9 Å². The second kappa shape index (κ2) is 43.3. The maximum Gasteiger partial charge on any atom is 0.427 e. The first kappa shape index (κ1) is 103. The number of benzene rings is 6. The van der Waals surface area contributed by atoms with Gasteiger partial charge in [-0.2, -0.15) is 48.0 Å². The highest BCUT2D eigenvalue weighted by atomic mass is 32.2. The van der Waals surface area contributed by atoms with E-state index in [2.05, 4.69) is 72.8 Å². The van der Waals surface area contributed by atoms with Crippen molar-refractivity contribution in [2.24, 2.45) is 46.8 Å². The molecule has 6 unspecified atom stereocenters. The smallest absolute Gasteiger partial charge is 0.427 e. The fraction of sp³-hybridized carbons (Fsp3) is 0.640. The Labute approximate surface area is 730 Å². The largest absolute Gasteiger partial charge is 0.496 e. The monoisotopic (exact) mass is 1860 g/mol. The Kier molecular flexibility index (Phi) is 36.3. The first-order valence-corrected chi connectivity index (χ1v) is 50.5. The third-order valence-corrected chi connectivity index (χ3v) is 37.0. The van der Waals surface area contributed by atoms with Gasteiger partial charge < -0.3 is 33.2 Å². The fourth-order valence-electron chi connectivity index (χ4n) is 18.8. The summed E-state index contributed by atoms with van der Waals surface area (Å²) >= 11 is 0. The van der Waals surface area contributed by atoms with E-state index in [1.807, 2.05) is 30.3 Å². The van der Waals surface area contributed by atoms with Crippen LogP contribution in [0.3, 0.4) is 0 Å². The van der Waals surface area contributed by atoms with E-state index in [1.54, 1.807) is 32.7 Å². The molecule has 17 rings (SSSR count). The standard InChI is InChI=1S/C16H20NO3S2.C16H19O3S.C16H19O2S.C14H18F2O3.C13H19F6NO2S.C11H19F2NO2S.3CH4/c1-20-15-7-8-16(14-6-4-3-5-13(14)15)21-11-9-17(10-12-21)22(2,18)19;1-17-13-6-7-15(20-10-8-19-9-11-20)16-12(13)4-3-5-14(16)18-2;1-17-12-13-6-7-16(19-10-8-18-9-11-19)15-5-3-2-4-14(13)15;1-13(15,16)7-19-12(18)14-4-8-2-9(5-14)11(17)10(3-8)6-14;1-11(14,15)12(16,17)13(18,19)23(21,22)20-7-6-9-4-2-3-5-10(9)8-20;1-11(12,13)17(15,16)14-7-6-9-4-2-3-5-10(9)8-14;;;/h3-8H,9-12H2,1-2H3;3-7H,8-11H2,1-2H3;2-7H,8-12H2,1H3;8-10H,2-7H2,1H3;9-10H,2-8H2,1H3;9-10H,2-8H2,1H3;3*1H4/q3*+1;;;;;;. The number of methoxy groups -OCH3 is 4. The predicted molar refractivity (Wildman–Crippen MR) is 471 cm³/mol. The Balaban J connectivity index is 0.000000183. The third kappa shape index (κ3) is 23.8. The van der Waals surface area contributed by atoms with Crippen LogP contribution in [0.1, 0.15) is 145 Å². The van der Waals surface area contributed by atoms with Crippen LogP contribution in [0.15, 0.2) is 118 Å². The Morgan fingerprint density at radius 2 is 0.919 bits per heavy atom. The molecule has 690 valence electrons. The van der Waals surface area contributed by atoms with Crippen LogP contribution < -0.4 is 14.2 Å². The average molecular weight is 1860 g/mol. The number of ketones is 1. The van der Waals surface area contributed by atoms with Gasteiger partial charge in [0, 0.05) is 120 Å². The lowest BCUT2D eigenvalue weighted by molar-refractivity contribution is -0.272. The molecule has 6 aromatic rings. The van der Waals surface area contributed by atoms with Crippen LogP contribution in [0.5, 0.6) is 17.2 Å². The van der Waals surface area contributed by atoms with Gasteiger partial charge in [-0.1, -0.05) is 115 Å². The lowest BCUT2D eigenvalue weighted by Gasteiger charge is -2.53. The Hall–Kier alpha value is -5.40. The van der Waals surface area contributed by atoms with Gasteiger partial charge in [-0.15, -0.1) is 0 Å². The van der Waals surface area contributed by atoms with E-state index >= 15 is 0 Å². The minimum Gasteiger partial charge on any atom is -0.496 e. The van der Waals surface area contributed by atoms with Gasteiger partial charge in [0.15, 0.2) is 21.3 Å². The van der Waals surface area contributed by atoms with Crippen molar-refractivity contribution in [3.05, 3.63) is 109 Å². The molecule has 6 saturated carbocycles. The maximum atomic E-state index is 13.8. The van der Waals surface area contributed by atoms with Crippen LogP contribution >= 0.6 is 0 Å². The van der Waals surface area contributed by atoms with Gasteiger partial charge in [0.05, 0.1) is 84.5 Å². The molecule has 0 spiro atoms. The van der Waals surface area contributed by atoms with E-state index in [-0.39, 0.29) is 116 Å². The number of fused-ring (bicyclic) bond motifs is 5. The first-order valence-electron chi connectivity index (χ1n) is 41.1. The number of Topliss-reactive ketones (excluding diaryl/α,β-unsaturated/α-hetero) is 1. The maximum absolute atomic E-state index is 13.8. The molecule has 0 N–H and O–H groups in total. The lowest BCUT2D eigenvalue weighted by Crippen LogP contribution is -2.61. The van der Waals surface area contributed by atoms with Gasteiger partial charge in [-0.05, 0) is 147 Å². The summed E-state index contributed by atoms with van der Waals surface area (Å²) in [5, 5.41) is -2.13. The highest BCUT2D eigenvalue weighted by Crippen LogP contribution is 2.59. The third-order valence-electron chi connectivity index (χ3n) is 24.9. The lowest BCUT2D eigenvalue weighted by atomic mass is 9.49. The summed E-state index contributed by atoms with van der Waals surface area (Å²) in [5.41, 5.74) is 0.619. The highest BCUT2D eigenvalue weighted by Gasteiger charge is 2.76. The van der Waals surface area contributed by atoms with E-state index in [0.717, 1.165) is 158 Å². The molecule has 6 aromatic carbocycles. The predicted octanol–water partition coefficient (Wildman–Crippen LogP) is 18.6. The number of ether oxygens (including phenoxy) is 7. The molecule has 5 heterocycles. The summed E-state index contributed by atoms with van der Waals surface area (Å²) in [7, 11) is -5.85. The summed E-state index contributed by atoms with van der Waals surface area (Å²) in [6.07, 6.45) is 13.4. The zero-order valence-corrected chi connectivity index (χ0v) is 74.3. The van der Waals surface area contributed by atoms with Crippen LogP contribution in [-0.2, 0) is 97.9 Å². The number of rotatable bonds is 18. The molecule has 34 heteroatoms. The highest BCUT2D eigenvalue weighted by molar-refractivity contribution is 7.98. The molecule has 6 aliphatic carbocycles. The second-order valence-electron chi connectivity index (χ2n) is 33.1. The number of esters is 1. The molecule has 5 saturated heterocycles. The van der Waals surface area contributed by atoms with Crippen LogP contribution in [0.4, 0.5) is 43.9 Å². The van der Waals surface area contributed by atoms with Crippen LogP contribution in [0.2, 0.25) is 0 Å². The number of sulfonamides is 3. The summed E-state index contributed by atoms with van der Waals surface area (Å²) in [6.45, 7) is 5.24. The molecule has 0 aromatic heterocycles. The number of carbonyl (C=O) groups excluding carboxylic acids is 2. The van der Waals surface area contributed by atoms with Crippen LogP contribution in [-0.4, -0.2) is 220 Å². The van der Waals surface area contributed by atoms with Gasteiger partial charge in [0.25, 0.3) is 26.0 Å². The van der Waals surface area contributed by atoms with Crippen molar-refractivity contribution in [3.8, 4) is 17.2 Å². The summed E-state index contributed by atoms with van der Waals surface area (Å²) in [6, 6.07) is 36.0. The Bertz CT molecular complexity index is 4830. The molecule has 11 fully saturated rings. The van der Waals surface area contributed by atoms with Gasteiger partial charge >= 0.3 is 28.3 Å². The van der Waals surface area contributed by atoms with Crippen molar-refractivity contribution in [2.75, 3.05) is 142 Å². The molecule has 18 nitrogen and oxygen atoms in total. The van der Waals surface area contributed by atoms with E-state index in [0.29, 0.717) is 75.0 Å². The SMILES string of the molecule is C.C.C.CC(F)(F)C(F)(F)C(F)(F)S(=O)(=O)N1CCC2CCCCC2C1.CC(F)(F)COC(=O)C12CC3CC(C1)C(=O)C(C3)C2.CC(F)(F)S(=O)(=O)N1CCC2CCCCC2C1.COCc1ccc([S+]2CCOCC2)c2ccccc12.COc1ccc([S+]2CCN(S(C)(=O)=O)CC2)c2ccccc12.COc1ccc([S+]2CCOCC2)c2c(OC)cccc12. The van der Waals surface area contributed by atoms with Gasteiger partial charge in [-0.25, -0.2) is 34.0 Å². The minimum atomic E-state index is -5.98. The average Bonchev–Trinajstić information content (AvgIpc) is 0.731. The van der Waals surface area contributed by atoms with Crippen molar-refractivity contribution in [1.29, 1.82) is 0 Å². The number of piperidine rings is 2. The van der Waals surface area contributed by atoms with Crippen molar-refractivity contribution in [2.45, 2.75) is 189 Å². The fourth-order valence-corrected chi connectivity index (χ4v) is 29.0. The van der Waals surface area contributed by atoms with Gasteiger partial charge in [0.1, 0.15) is 57.5 Å². The molecule has 11 aliphatic rings. The van der Waals surface area contributed by atoms with Gasteiger partial charge in [-0.3, -0.25) is 9.59 Å². The molecule has 0 radical (unpaired) electrons. The number of hydrogen-bond acceptors (Lipinski definition) is 15. The van der Waals surface area contributed by atoms with Crippen LogP contribution in [0.25, 0.3) is 32.3 Å². The van der Waals surface area contributed by atoms with E-state index in [4.69, 9.17) is 33.2 Å². The summed E-state index contributed by atoms with van der Waals surface area (Å²) < 4.78 is 243. The number of nitrogens with zero attached hydrogens (tertiary/aromatic N) is 3. The van der Waals surface area contributed by atoms with E-state index in [9.17, 15) is 78.7 Å². The number of carbonyl (C=O) groups is 2. The topological polar surface area (TPSA) is 211 Å². The number of hydrogen-bond donors (Lipinski definition) is 0.